The summed E-state index contributed by atoms with van der Waals surface area (Å²) >= 11 is 1.62. The minimum absolute atomic E-state index is 0.00325. The molecule has 7 nitrogen and oxygen atoms in total. The Morgan fingerprint density at radius 2 is 2.11 bits per heavy atom. The summed E-state index contributed by atoms with van der Waals surface area (Å²) in [4.78, 5) is 22.9. The summed E-state index contributed by atoms with van der Waals surface area (Å²) in [6.45, 7) is 5.48. The number of nitrogens with one attached hydrogen (secondary N) is 1. The molecule has 1 saturated heterocycles. The molecule has 5 rings (SSSR count). The number of benzene rings is 2. The number of carbonyl (C=O) groups excluding carboxylic acids is 1. The largest absolute Gasteiger partial charge is 0.490 e. The van der Waals surface area contributed by atoms with Gasteiger partial charge in [0.15, 0.2) is 0 Å². The van der Waals surface area contributed by atoms with Crippen LogP contribution in [0.5, 0.6) is 5.75 Å². The highest BCUT2D eigenvalue weighted by atomic mass is 32.1. The number of nitrogens with zero attached hydrogens (tertiary/aromatic N) is 4. The Hall–Kier alpha value is -3.41. The van der Waals surface area contributed by atoms with E-state index in [1.54, 1.807) is 11.3 Å². The molecular formula is C29H33N5O2S. The maximum Gasteiger partial charge on any atom is 0.317 e. The zero-order valence-corrected chi connectivity index (χ0v) is 22.6. The highest BCUT2D eigenvalue weighted by Gasteiger charge is 2.31. The van der Waals surface area contributed by atoms with Crippen LogP contribution < -0.4 is 10.1 Å². The highest BCUT2D eigenvalue weighted by molar-refractivity contribution is 7.18. The SMILES string of the molecule is CC(C)Oc1ccc(-c2ncc(-c3cccc4c3CC[C@@H]4NC(=O)N3CC[C@H](N(C)C)C3)s2)cc1C#N. The molecule has 1 aliphatic heterocycles. The third kappa shape index (κ3) is 5.20. The first-order valence-corrected chi connectivity index (χ1v) is 13.7. The van der Waals surface area contributed by atoms with Crippen molar-refractivity contribution >= 4 is 17.4 Å². The van der Waals surface area contributed by atoms with Crippen LogP contribution in [-0.4, -0.2) is 60.1 Å². The minimum atomic E-state index is 0.00325. The molecule has 3 aromatic rings. The fraction of sp³-hybridized carbons (Fsp3) is 0.414. The van der Waals surface area contributed by atoms with Crippen LogP contribution in [0.25, 0.3) is 21.0 Å². The molecule has 1 aromatic heterocycles. The molecule has 37 heavy (non-hydrogen) atoms. The number of aromatic nitrogens is 1. The van der Waals surface area contributed by atoms with Crippen molar-refractivity contribution in [1.82, 2.24) is 20.1 Å². The number of ether oxygens (including phenoxy) is 1. The number of likely N-dealkylation sites (N-methyl/N-ethyl adjacent to an activating group) is 1. The van der Waals surface area contributed by atoms with E-state index in [-0.39, 0.29) is 18.2 Å². The highest BCUT2D eigenvalue weighted by Crippen LogP contribution is 2.41. The summed E-state index contributed by atoms with van der Waals surface area (Å²) in [5, 5.41) is 13.8. The van der Waals surface area contributed by atoms with E-state index in [1.165, 1.54) is 16.7 Å². The second kappa shape index (κ2) is 10.5. The van der Waals surface area contributed by atoms with E-state index in [0.717, 1.165) is 47.8 Å². The van der Waals surface area contributed by atoms with Crippen LogP contribution in [0.15, 0.2) is 42.6 Å². The number of likely N-dealkylation sites (tertiary alicyclic amines) is 1. The monoisotopic (exact) mass is 515 g/mol. The predicted octanol–water partition coefficient (Wildman–Crippen LogP) is 5.47. The average molecular weight is 516 g/mol. The van der Waals surface area contributed by atoms with Gasteiger partial charge in [-0.15, -0.1) is 11.3 Å². The molecule has 0 radical (unpaired) electrons. The van der Waals surface area contributed by atoms with Crippen LogP contribution in [0.4, 0.5) is 4.79 Å². The van der Waals surface area contributed by atoms with E-state index in [9.17, 15) is 10.1 Å². The number of rotatable bonds is 6. The van der Waals surface area contributed by atoms with Gasteiger partial charge in [-0.25, -0.2) is 9.78 Å². The van der Waals surface area contributed by atoms with Gasteiger partial charge in [-0.3, -0.25) is 0 Å². The van der Waals surface area contributed by atoms with Crippen LogP contribution in [0, 0.1) is 11.3 Å². The molecule has 192 valence electrons. The van der Waals surface area contributed by atoms with Gasteiger partial charge < -0.3 is 19.9 Å². The third-order valence-electron chi connectivity index (χ3n) is 7.23. The summed E-state index contributed by atoms with van der Waals surface area (Å²) in [5.41, 5.74) is 5.08. The Kier molecular flexibility index (Phi) is 7.18. The minimum Gasteiger partial charge on any atom is -0.490 e. The van der Waals surface area contributed by atoms with Crippen molar-refractivity contribution in [1.29, 1.82) is 5.26 Å². The van der Waals surface area contributed by atoms with Crippen molar-refractivity contribution < 1.29 is 9.53 Å². The van der Waals surface area contributed by atoms with Gasteiger partial charge in [-0.1, -0.05) is 18.2 Å². The van der Waals surface area contributed by atoms with Crippen molar-refractivity contribution in [2.75, 3.05) is 27.2 Å². The lowest BCUT2D eigenvalue weighted by molar-refractivity contribution is 0.199. The number of nitriles is 1. The molecule has 2 aromatic carbocycles. The normalized spacial score (nSPS) is 18.8. The second-order valence-electron chi connectivity index (χ2n) is 10.3. The van der Waals surface area contributed by atoms with Gasteiger partial charge in [-0.2, -0.15) is 5.26 Å². The van der Waals surface area contributed by atoms with Gasteiger partial charge in [0.2, 0.25) is 0 Å². The van der Waals surface area contributed by atoms with Gasteiger partial charge in [-0.05, 0) is 82.1 Å². The maximum atomic E-state index is 13.0. The molecule has 2 aliphatic rings. The number of urea groups is 1. The Labute approximate surface area is 222 Å². The number of amides is 2. The quantitative estimate of drug-likeness (QED) is 0.471. The van der Waals surface area contributed by atoms with Crippen LogP contribution in [0.3, 0.4) is 0 Å². The Morgan fingerprint density at radius 1 is 1.27 bits per heavy atom. The second-order valence-corrected chi connectivity index (χ2v) is 11.3. The zero-order valence-electron chi connectivity index (χ0n) is 21.8. The van der Waals surface area contributed by atoms with E-state index in [4.69, 9.17) is 4.74 Å². The smallest absolute Gasteiger partial charge is 0.317 e. The first kappa shape index (κ1) is 25.2. The molecule has 1 fully saturated rings. The number of hydrogen-bond donors (Lipinski definition) is 1. The fourth-order valence-electron chi connectivity index (χ4n) is 5.26. The van der Waals surface area contributed by atoms with Gasteiger partial charge in [0, 0.05) is 30.9 Å². The van der Waals surface area contributed by atoms with Crippen molar-refractivity contribution in [3.05, 3.63) is 59.3 Å². The summed E-state index contributed by atoms with van der Waals surface area (Å²) in [6, 6.07) is 14.7. The number of hydrogen-bond acceptors (Lipinski definition) is 6. The molecule has 2 atom stereocenters. The summed E-state index contributed by atoms with van der Waals surface area (Å²) in [6.07, 6.45) is 4.76. The van der Waals surface area contributed by atoms with Crippen LogP contribution in [0.2, 0.25) is 0 Å². The van der Waals surface area contributed by atoms with Crippen LogP contribution in [0.1, 0.15) is 49.4 Å². The van der Waals surface area contributed by atoms with E-state index in [2.05, 4.69) is 53.6 Å². The van der Waals surface area contributed by atoms with Crippen molar-refractivity contribution in [2.24, 2.45) is 0 Å². The average Bonchev–Trinajstić information content (AvgIpc) is 3.64. The molecule has 8 heteroatoms. The Morgan fingerprint density at radius 3 is 2.84 bits per heavy atom. The molecule has 0 unspecified atom stereocenters. The fourth-order valence-corrected chi connectivity index (χ4v) is 6.23. The van der Waals surface area contributed by atoms with Gasteiger partial charge >= 0.3 is 6.03 Å². The zero-order chi connectivity index (χ0) is 26.1. The van der Waals surface area contributed by atoms with Crippen molar-refractivity contribution in [2.45, 2.75) is 51.3 Å². The first-order chi connectivity index (χ1) is 17.8. The molecule has 2 heterocycles. The topological polar surface area (TPSA) is 81.5 Å². The Balaban J connectivity index is 1.34. The van der Waals surface area contributed by atoms with Crippen molar-refractivity contribution in [3.8, 4) is 32.8 Å². The molecule has 0 spiro atoms. The Bertz CT molecular complexity index is 1340. The lowest BCUT2D eigenvalue weighted by Crippen LogP contribution is -2.41. The summed E-state index contributed by atoms with van der Waals surface area (Å²) < 4.78 is 5.76. The summed E-state index contributed by atoms with van der Waals surface area (Å²) in [7, 11) is 4.15. The van der Waals surface area contributed by atoms with Gasteiger partial charge in [0.25, 0.3) is 0 Å². The lowest BCUT2D eigenvalue weighted by Gasteiger charge is -2.23. The molecule has 2 amide bonds. The van der Waals surface area contributed by atoms with Crippen molar-refractivity contribution in [3.63, 3.8) is 0 Å². The van der Waals surface area contributed by atoms with E-state index >= 15 is 0 Å². The third-order valence-corrected chi connectivity index (χ3v) is 8.31. The van der Waals surface area contributed by atoms with E-state index in [0.29, 0.717) is 17.4 Å². The standard InChI is InChI=1S/C29H33N5O2S/c1-18(2)36-26-11-8-19(14-20(26)15-30)28-31-16-27(37-28)24-7-5-6-23-22(24)9-10-25(23)32-29(35)34-13-12-21(17-34)33(3)4/h5-8,11,14,16,18,21,25H,9-10,12-13,17H2,1-4H3,(H,32,35)/t21-,25-/m0/s1. The predicted molar refractivity (Wildman–Crippen MR) is 147 cm³/mol. The molecule has 0 bridgehead atoms. The summed E-state index contributed by atoms with van der Waals surface area (Å²) in [5.74, 6) is 0.596. The van der Waals surface area contributed by atoms with E-state index in [1.807, 2.05) is 43.1 Å². The maximum absolute atomic E-state index is 13.0. The van der Waals surface area contributed by atoms with Crippen LogP contribution >= 0.6 is 11.3 Å². The molecule has 1 N–H and O–H groups in total. The van der Waals surface area contributed by atoms with E-state index < -0.39 is 0 Å². The first-order valence-electron chi connectivity index (χ1n) is 12.8. The van der Waals surface area contributed by atoms with Crippen LogP contribution in [-0.2, 0) is 6.42 Å². The number of fused-ring (bicyclic) bond motifs is 1. The van der Waals surface area contributed by atoms with Gasteiger partial charge in [0.1, 0.15) is 16.8 Å². The molecular weight excluding hydrogens is 482 g/mol. The molecule has 1 aliphatic carbocycles. The number of thiazole rings is 1. The molecule has 0 saturated carbocycles. The number of carbonyl (C=O) groups is 1. The lowest BCUT2D eigenvalue weighted by atomic mass is 10.0. The van der Waals surface area contributed by atoms with Gasteiger partial charge in [0.05, 0.1) is 22.6 Å².